The van der Waals surface area contributed by atoms with Gasteiger partial charge in [-0.1, -0.05) is 29.3 Å². The number of hydrogen-bond acceptors (Lipinski definition) is 2. The Balaban J connectivity index is 1.54. The Morgan fingerprint density at radius 3 is 2.15 bits per heavy atom. The monoisotopic (exact) mass is 272 g/mol. The van der Waals surface area contributed by atoms with Crippen molar-refractivity contribution in [3.63, 3.8) is 0 Å². The fourth-order valence-electron chi connectivity index (χ4n) is 3.58. The van der Waals surface area contributed by atoms with Crippen molar-refractivity contribution >= 4 is 0 Å². The summed E-state index contributed by atoms with van der Waals surface area (Å²) < 4.78 is 0. The van der Waals surface area contributed by atoms with Gasteiger partial charge in [-0.05, 0) is 65.1 Å². The Morgan fingerprint density at radius 1 is 1.00 bits per heavy atom. The van der Waals surface area contributed by atoms with Crippen LogP contribution in [0.5, 0.6) is 0 Å². The van der Waals surface area contributed by atoms with Crippen molar-refractivity contribution in [3.8, 4) is 0 Å². The molecule has 1 N–H and O–H groups in total. The Hall–Kier alpha value is -0.860. The second kappa shape index (κ2) is 5.87. The van der Waals surface area contributed by atoms with Gasteiger partial charge >= 0.3 is 0 Å². The van der Waals surface area contributed by atoms with E-state index in [0.29, 0.717) is 12.1 Å². The van der Waals surface area contributed by atoms with Crippen LogP contribution in [0.2, 0.25) is 0 Å². The fourth-order valence-corrected chi connectivity index (χ4v) is 3.58. The summed E-state index contributed by atoms with van der Waals surface area (Å²) in [6.07, 6.45) is 5.51. The highest BCUT2D eigenvalue weighted by Gasteiger charge is 2.31. The standard InChI is InChI=1S/C18H28N2/c1-13-10-14(2)12-16(11-13)15(3)19-17-6-8-20(9-7-17)18-4-5-18/h10-12,15,17-19H,4-9H2,1-3H3. The van der Waals surface area contributed by atoms with E-state index in [2.05, 4.69) is 49.2 Å². The third-order valence-corrected chi connectivity index (χ3v) is 4.82. The largest absolute Gasteiger partial charge is 0.307 e. The maximum Gasteiger partial charge on any atom is 0.0294 e. The summed E-state index contributed by atoms with van der Waals surface area (Å²) in [7, 11) is 0. The van der Waals surface area contributed by atoms with Crippen LogP contribution in [0, 0.1) is 13.8 Å². The van der Waals surface area contributed by atoms with E-state index in [0.717, 1.165) is 6.04 Å². The first-order valence-corrected chi connectivity index (χ1v) is 8.20. The van der Waals surface area contributed by atoms with Crippen molar-refractivity contribution in [2.75, 3.05) is 13.1 Å². The van der Waals surface area contributed by atoms with Crippen LogP contribution < -0.4 is 5.32 Å². The molecule has 1 aromatic rings. The van der Waals surface area contributed by atoms with Gasteiger partial charge in [0.2, 0.25) is 0 Å². The Bertz CT molecular complexity index is 436. The molecule has 2 aliphatic rings. The summed E-state index contributed by atoms with van der Waals surface area (Å²) in [5, 5.41) is 3.84. The van der Waals surface area contributed by atoms with Crippen LogP contribution in [0.15, 0.2) is 18.2 Å². The molecule has 0 bridgehead atoms. The molecule has 0 radical (unpaired) electrons. The van der Waals surface area contributed by atoms with Gasteiger partial charge in [-0.15, -0.1) is 0 Å². The van der Waals surface area contributed by atoms with Gasteiger partial charge in [0.05, 0.1) is 0 Å². The maximum absolute atomic E-state index is 3.84. The Kier molecular flexibility index (Phi) is 4.13. The molecule has 2 nitrogen and oxygen atoms in total. The molecular weight excluding hydrogens is 244 g/mol. The van der Waals surface area contributed by atoms with E-state index in [4.69, 9.17) is 0 Å². The summed E-state index contributed by atoms with van der Waals surface area (Å²) >= 11 is 0. The molecule has 0 amide bonds. The van der Waals surface area contributed by atoms with Gasteiger partial charge in [-0.2, -0.15) is 0 Å². The van der Waals surface area contributed by atoms with Crippen LogP contribution in [0.25, 0.3) is 0 Å². The van der Waals surface area contributed by atoms with Crippen LogP contribution >= 0.6 is 0 Å². The molecule has 20 heavy (non-hydrogen) atoms. The van der Waals surface area contributed by atoms with Crippen molar-refractivity contribution < 1.29 is 0 Å². The molecule has 1 saturated heterocycles. The molecule has 1 saturated carbocycles. The van der Waals surface area contributed by atoms with Gasteiger partial charge in [0.25, 0.3) is 0 Å². The van der Waals surface area contributed by atoms with Crippen molar-refractivity contribution in [1.82, 2.24) is 10.2 Å². The summed E-state index contributed by atoms with van der Waals surface area (Å²) in [5.74, 6) is 0. The van der Waals surface area contributed by atoms with Gasteiger partial charge in [0.15, 0.2) is 0 Å². The lowest BCUT2D eigenvalue weighted by Gasteiger charge is -2.34. The number of benzene rings is 1. The highest BCUT2D eigenvalue weighted by molar-refractivity contribution is 5.30. The first-order valence-electron chi connectivity index (χ1n) is 8.20. The summed E-state index contributed by atoms with van der Waals surface area (Å²) in [6, 6.07) is 9.00. The number of nitrogens with one attached hydrogen (secondary N) is 1. The molecule has 1 atom stereocenters. The zero-order valence-corrected chi connectivity index (χ0v) is 13.2. The third kappa shape index (κ3) is 3.42. The van der Waals surface area contributed by atoms with E-state index >= 15 is 0 Å². The lowest BCUT2D eigenvalue weighted by molar-refractivity contribution is 0.184. The average Bonchev–Trinajstić information content (AvgIpc) is 3.23. The van der Waals surface area contributed by atoms with E-state index in [1.807, 2.05) is 0 Å². The number of aryl methyl sites for hydroxylation is 2. The maximum atomic E-state index is 3.84. The molecule has 2 fully saturated rings. The van der Waals surface area contributed by atoms with Crippen LogP contribution in [0.3, 0.4) is 0 Å². The third-order valence-electron chi connectivity index (χ3n) is 4.82. The van der Waals surface area contributed by atoms with Crippen molar-refractivity contribution in [2.45, 2.75) is 64.6 Å². The van der Waals surface area contributed by atoms with Crippen LogP contribution in [0.1, 0.15) is 55.3 Å². The smallest absolute Gasteiger partial charge is 0.0294 e. The summed E-state index contributed by atoms with van der Waals surface area (Å²) in [6.45, 7) is 9.28. The zero-order chi connectivity index (χ0) is 14.1. The topological polar surface area (TPSA) is 15.3 Å². The lowest BCUT2D eigenvalue weighted by atomic mass is 9.99. The van der Waals surface area contributed by atoms with E-state index in [1.165, 1.54) is 55.5 Å². The van der Waals surface area contributed by atoms with Crippen LogP contribution in [-0.2, 0) is 0 Å². The molecule has 1 heterocycles. The summed E-state index contributed by atoms with van der Waals surface area (Å²) in [4.78, 5) is 2.69. The minimum absolute atomic E-state index is 0.464. The van der Waals surface area contributed by atoms with Gasteiger partial charge in [0, 0.05) is 18.1 Å². The molecular formula is C18H28N2. The zero-order valence-electron chi connectivity index (χ0n) is 13.2. The highest BCUT2D eigenvalue weighted by atomic mass is 15.2. The molecule has 0 spiro atoms. The first kappa shape index (κ1) is 14.1. The number of rotatable bonds is 4. The number of hydrogen-bond donors (Lipinski definition) is 1. The normalized spacial score (nSPS) is 22.9. The highest BCUT2D eigenvalue weighted by Crippen LogP contribution is 2.29. The Morgan fingerprint density at radius 2 is 1.60 bits per heavy atom. The SMILES string of the molecule is Cc1cc(C)cc(C(C)NC2CCN(C3CC3)CC2)c1. The summed E-state index contributed by atoms with van der Waals surface area (Å²) in [5.41, 5.74) is 4.18. The second-order valence-corrected chi connectivity index (χ2v) is 6.85. The van der Waals surface area contributed by atoms with Crippen LogP contribution in [0.4, 0.5) is 0 Å². The van der Waals surface area contributed by atoms with Gasteiger partial charge in [-0.3, -0.25) is 0 Å². The molecule has 3 rings (SSSR count). The number of piperidine rings is 1. The molecule has 1 aromatic carbocycles. The van der Waals surface area contributed by atoms with Crippen molar-refractivity contribution in [1.29, 1.82) is 0 Å². The molecule has 1 aliphatic heterocycles. The number of nitrogens with zero attached hydrogens (tertiary/aromatic N) is 1. The minimum Gasteiger partial charge on any atom is -0.307 e. The van der Waals surface area contributed by atoms with Gasteiger partial charge in [0.1, 0.15) is 0 Å². The van der Waals surface area contributed by atoms with E-state index in [9.17, 15) is 0 Å². The quantitative estimate of drug-likeness (QED) is 0.901. The van der Waals surface area contributed by atoms with Crippen molar-refractivity contribution in [3.05, 3.63) is 34.9 Å². The first-order chi connectivity index (χ1) is 9.61. The molecule has 1 aliphatic carbocycles. The van der Waals surface area contributed by atoms with Gasteiger partial charge < -0.3 is 10.2 Å². The Labute approximate surface area is 123 Å². The molecule has 110 valence electrons. The lowest BCUT2D eigenvalue weighted by Crippen LogP contribution is -2.44. The van der Waals surface area contributed by atoms with E-state index < -0.39 is 0 Å². The molecule has 1 unspecified atom stereocenters. The van der Waals surface area contributed by atoms with Crippen molar-refractivity contribution in [2.24, 2.45) is 0 Å². The molecule has 2 heteroatoms. The predicted octanol–water partition coefficient (Wildman–Crippen LogP) is 3.58. The second-order valence-electron chi connectivity index (χ2n) is 6.85. The number of likely N-dealkylation sites (tertiary alicyclic amines) is 1. The average molecular weight is 272 g/mol. The van der Waals surface area contributed by atoms with E-state index in [-0.39, 0.29) is 0 Å². The fraction of sp³-hybridized carbons (Fsp3) is 0.667. The van der Waals surface area contributed by atoms with E-state index in [1.54, 1.807) is 0 Å². The van der Waals surface area contributed by atoms with Gasteiger partial charge in [-0.25, -0.2) is 0 Å². The van der Waals surface area contributed by atoms with Crippen LogP contribution in [-0.4, -0.2) is 30.1 Å². The molecule has 0 aromatic heterocycles. The predicted molar refractivity (Wildman–Crippen MR) is 85.1 cm³/mol. The minimum atomic E-state index is 0.464.